The molecule has 0 bridgehead atoms. The third-order valence-electron chi connectivity index (χ3n) is 3.17. The van der Waals surface area contributed by atoms with Gasteiger partial charge in [-0.3, -0.25) is 0 Å². The Morgan fingerprint density at radius 3 is 2.59 bits per heavy atom. The maximum atomic E-state index is 8.50. The SMILES string of the molecule is N#CCCCOc1cccc(CNCc2ccc(Br)cc2)c1. The van der Waals surface area contributed by atoms with Crippen molar-refractivity contribution in [1.29, 1.82) is 5.26 Å². The molecule has 0 aliphatic rings. The fourth-order valence-corrected chi connectivity index (χ4v) is 2.30. The Labute approximate surface area is 140 Å². The van der Waals surface area contributed by atoms with E-state index in [-0.39, 0.29) is 0 Å². The summed E-state index contributed by atoms with van der Waals surface area (Å²) < 4.78 is 6.74. The Kier molecular flexibility index (Phi) is 6.95. The number of ether oxygens (including phenoxy) is 1. The molecule has 0 saturated heterocycles. The van der Waals surface area contributed by atoms with Gasteiger partial charge < -0.3 is 10.1 Å². The van der Waals surface area contributed by atoms with E-state index in [0.29, 0.717) is 13.0 Å². The van der Waals surface area contributed by atoms with E-state index in [0.717, 1.165) is 29.7 Å². The van der Waals surface area contributed by atoms with Crippen LogP contribution in [0.5, 0.6) is 5.75 Å². The third kappa shape index (κ3) is 5.88. The van der Waals surface area contributed by atoms with E-state index in [4.69, 9.17) is 10.00 Å². The standard InChI is InChI=1S/C18H19BrN2O/c19-17-8-6-15(7-9-17)13-21-14-16-4-3-5-18(12-16)22-11-2-1-10-20/h3-9,12,21H,1-2,11,13-14H2. The number of nitrogens with one attached hydrogen (secondary N) is 1. The molecule has 0 unspecified atom stereocenters. The first-order valence-electron chi connectivity index (χ1n) is 7.32. The van der Waals surface area contributed by atoms with Crippen LogP contribution in [0, 0.1) is 11.3 Å². The van der Waals surface area contributed by atoms with Crippen molar-refractivity contribution in [3.05, 3.63) is 64.1 Å². The molecule has 0 aliphatic heterocycles. The zero-order valence-electron chi connectivity index (χ0n) is 12.4. The van der Waals surface area contributed by atoms with E-state index < -0.39 is 0 Å². The Morgan fingerprint density at radius 1 is 1.05 bits per heavy atom. The molecular formula is C18H19BrN2O. The molecule has 114 valence electrons. The van der Waals surface area contributed by atoms with Crippen LogP contribution >= 0.6 is 15.9 Å². The summed E-state index contributed by atoms with van der Waals surface area (Å²) >= 11 is 3.44. The summed E-state index contributed by atoms with van der Waals surface area (Å²) in [4.78, 5) is 0. The van der Waals surface area contributed by atoms with Gasteiger partial charge in [0.1, 0.15) is 5.75 Å². The fraction of sp³-hybridized carbons (Fsp3) is 0.278. The van der Waals surface area contributed by atoms with Crippen molar-refractivity contribution in [3.8, 4) is 11.8 Å². The molecule has 0 heterocycles. The molecule has 4 heteroatoms. The van der Waals surface area contributed by atoms with E-state index >= 15 is 0 Å². The minimum absolute atomic E-state index is 0.536. The van der Waals surface area contributed by atoms with Gasteiger partial charge >= 0.3 is 0 Å². The van der Waals surface area contributed by atoms with Crippen LogP contribution < -0.4 is 10.1 Å². The lowest BCUT2D eigenvalue weighted by Crippen LogP contribution is -2.12. The summed E-state index contributed by atoms with van der Waals surface area (Å²) in [6.07, 6.45) is 1.30. The van der Waals surface area contributed by atoms with Crippen LogP contribution in [-0.2, 0) is 13.1 Å². The molecule has 2 aromatic rings. The van der Waals surface area contributed by atoms with E-state index in [2.05, 4.69) is 45.5 Å². The summed E-state index contributed by atoms with van der Waals surface area (Å²) in [6.45, 7) is 2.22. The molecule has 0 radical (unpaired) electrons. The highest BCUT2D eigenvalue weighted by Gasteiger charge is 1.98. The molecule has 22 heavy (non-hydrogen) atoms. The first-order valence-corrected chi connectivity index (χ1v) is 8.11. The lowest BCUT2D eigenvalue weighted by molar-refractivity contribution is 0.312. The molecule has 0 aliphatic carbocycles. The van der Waals surface area contributed by atoms with E-state index in [1.807, 2.05) is 30.3 Å². The molecule has 2 rings (SSSR count). The molecule has 3 nitrogen and oxygen atoms in total. The predicted molar refractivity (Wildman–Crippen MR) is 91.5 cm³/mol. The zero-order valence-corrected chi connectivity index (χ0v) is 14.0. The van der Waals surface area contributed by atoms with Crippen LogP contribution in [0.2, 0.25) is 0 Å². The fourth-order valence-electron chi connectivity index (χ4n) is 2.04. The second-order valence-corrected chi connectivity index (χ2v) is 5.90. The van der Waals surface area contributed by atoms with Crippen molar-refractivity contribution in [2.75, 3.05) is 6.61 Å². The summed E-state index contributed by atoms with van der Waals surface area (Å²) in [6, 6.07) is 18.5. The molecule has 0 amide bonds. The molecule has 0 spiro atoms. The average Bonchev–Trinajstić information content (AvgIpc) is 2.54. The Bertz CT molecular complexity index is 620. The minimum atomic E-state index is 0.536. The highest BCUT2D eigenvalue weighted by molar-refractivity contribution is 9.10. The first-order chi connectivity index (χ1) is 10.8. The van der Waals surface area contributed by atoms with Gasteiger partial charge in [-0.2, -0.15) is 5.26 Å². The maximum Gasteiger partial charge on any atom is 0.119 e. The van der Waals surface area contributed by atoms with E-state index in [1.165, 1.54) is 11.1 Å². The number of nitriles is 1. The van der Waals surface area contributed by atoms with Gasteiger partial charge in [0.05, 0.1) is 12.7 Å². The van der Waals surface area contributed by atoms with Crippen molar-refractivity contribution >= 4 is 15.9 Å². The molecule has 0 aromatic heterocycles. The average molecular weight is 359 g/mol. The number of hydrogen-bond acceptors (Lipinski definition) is 3. The van der Waals surface area contributed by atoms with Gasteiger partial charge in [-0.15, -0.1) is 0 Å². The van der Waals surface area contributed by atoms with E-state index in [9.17, 15) is 0 Å². The highest BCUT2D eigenvalue weighted by atomic mass is 79.9. The second kappa shape index (κ2) is 9.24. The third-order valence-corrected chi connectivity index (χ3v) is 3.70. The Morgan fingerprint density at radius 2 is 1.82 bits per heavy atom. The molecule has 2 aromatic carbocycles. The maximum absolute atomic E-state index is 8.50. The quantitative estimate of drug-likeness (QED) is 0.710. The molecule has 0 atom stereocenters. The van der Waals surface area contributed by atoms with Gasteiger partial charge in [-0.1, -0.05) is 40.2 Å². The number of nitrogens with zero attached hydrogens (tertiary/aromatic N) is 1. The summed E-state index contributed by atoms with van der Waals surface area (Å²) in [5, 5.41) is 11.9. The topological polar surface area (TPSA) is 45.0 Å². The molecular weight excluding hydrogens is 340 g/mol. The number of halogens is 1. The van der Waals surface area contributed by atoms with Crippen LogP contribution in [0.15, 0.2) is 53.0 Å². The number of unbranched alkanes of at least 4 members (excludes halogenated alkanes) is 1. The van der Waals surface area contributed by atoms with Gasteiger partial charge in [0.25, 0.3) is 0 Å². The monoisotopic (exact) mass is 358 g/mol. The van der Waals surface area contributed by atoms with Gasteiger partial charge in [0.15, 0.2) is 0 Å². The summed E-state index contributed by atoms with van der Waals surface area (Å²) in [5.74, 6) is 0.862. The zero-order chi connectivity index (χ0) is 15.6. The summed E-state index contributed by atoms with van der Waals surface area (Å²) in [5.41, 5.74) is 2.45. The predicted octanol–water partition coefficient (Wildman–Crippen LogP) is 4.42. The van der Waals surface area contributed by atoms with Crippen LogP contribution in [0.1, 0.15) is 24.0 Å². The van der Waals surface area contributed by atoms with Crippen molar-refractivity contribution in [2.24, 2.45) is 0 Å². The highest BCUT2D eigenvalue weighted by Crippen LogP contribution is 2.14. The van der Waals surface area contributed by atoms with Crippen molar-refractivity contribution < 1.29 is 4.74 Å². The Hall–Kier alpha value is -1.83. The van der Waals surface area contributed by atoms with Gasteiger partial charge in [0, 0.05) is 24.0 Å². The Balaban J connectivity index is 1.77. The largest absolute Gasteiger partial charge is 0.494 e. The molecule has 1 N–H and O–H groups in total. The van der Waals surface area contributed by atoms with Crippen molar-refractivity contribution in [1.82, 2.24) is 5.32 Å². The van der Waals surface area contributed by atoms with Crippen LogP contribution in [0.4, 0.5) is 0 Å². The van der Waals surface area contributed by atoms with Crippen LogP contribution in [0.3, 0.4) is 0 Å². The first kappa shape index (κ1) is 16.5. The minimum Gasteiger partial charge on any atom is -0.494 e. The van der Waals surface area contributed by atoms with Gasteiger partial charge in [-0.25, -0.2) is 0 Å². The number of rotatable bonds is 8. The molecule has 0 fully saturated rings. The lowest BCUT2D eigenvalue weighted by atomic mass is 10.2. The van der Waals surface area contributed by atoms with Crippen molar-refractivity contribution in [2.45, 2.75) is 25.9 Å². The summed E-state index contributed by atoms with van der Waals surface area (Å²) in [7, 11) is 0. The van der Waals surface area contributed by atoms with Crippen molar-refractivity contribution in [3.63, 3.8) is 0 Å². The normalized spacial score (nSPS) is 10.2. The van der Waals surface area contributed by atoms with Gasteiger partial charge in [-0.05, 0) is 41.8 Å². The number of hydrogen-bond donors (Lipinski definition) is 1. The van der Waals surface area contributed by atoms with Crippen LogP contribution in [-0.4, -0.2) is 6.61 Å². The smallest absolute Gasteiger partial charge is 0.119 e. The van der Waals surface area contributed by atoms with Crippen LogP contribution in [0.25, 0.3) is 0 Å². The lowest BCUT2D eigenvalue weighted by Gasteiger charge is -2.08. The second-order valence-electron chi connectivity index (χ2n) is 4.99. The van der Waals surface area contributed by atoms with Gasteiger partial charge in [0.2, 0.25) is 0 Å². The van der Waals surface area contributed by atoms with E-state index in [1.54, 1.807) is 0 Å². The molecule has 0 saturated carbocycles. The number of benzene rings is 2.